The van der Waals surface area contributed by atoms with Gasteiger partial charge in [0, 0.05) is 26.2 Å². The second-order valence-electron chi connectivity index (χ2n) is 6.87. The quantitative estimate of drug-likeness (QED) is 0.869. The van der Waals surface area contributed by atoms with E-state index in [-0.39, 0.29) is 5.76 Å². The fourth-order valence-electron chi connectivity index (χ4n) is 4.15. The van der Waals surface area contributed by atoms with Crippen molar-refractivity contribution in [3.05, 3.63) is 34.8 Å². The van der Waals surface area contributed by atoms with Crippen molar-refractivity contribution < 1.29 is 14.6 Å². The summed E-state index contributed by atoms with van der Waals surface area (Å²) >= 11 is 0. The van der Waals surface area contributed by atoms with Crippen molar-refractivity contribution in [2.75, 3.05) is 19.6 Å². The van der Waals surface area contributed by atoms with E-state index in [4.69, 9.17) is 4.42 Å². The Morgan fingerprint density at radius 3 is 2.39 bits per heavy atom. The zero-order chi connectivity index (χ0) is 16.0. The maximum Gasteiger partial charge on any atom is 0.419 e. The SMILES string of the molecule is O=c1oc2ccccc2n1CCN1C[C@H]2C[C@H](O)[C@H](O)C[C@H]2C1. The lowest BCUT2D eigenvalue weighted by Crippen LogP contribution is -2.38. The van der Waals surface area contributed by atoms with Crippen LogP contribution in [0.15, 0.2) is 33.5 Å². The number of hydrogen-bond donors (Lipinski definition) is 2. The summed E-state index contributed by atoms with van der Waals surface area (Å²) in [6.07, 6.45) is 0.182. The molecule has 1 saturated heterocycles. The van der Waals surface area contributed by atoms with Crippen LogP contribution in [0, 0.1) is 11.8 Å². The summed E-state index contributed by atoms with van der Waals surface area (Å²) in [4.78, 5) is 14.3. The first-order chi connectivity index (χ1) is 11.1. The molecule has 2 heterocycles. The molecule has 2 N–H and O–H groups in total. The minimum atomic E-state index is -0.586. The molecule has 4 atom stereocenters. The molecule has 1 aromatic heterocycles. The number of hydrogen-bond acceptors (Lipinski definition) is 5. The van der Waals surface area contributed by atoms with Crippen molar-refractivity contribution in [2.45, 2.75) is 31.6 Å². The number of para-hydroxylation sites is 2. The van der Waals surface area contributed by atoms with E-state index in [1.807, 2.05) is 18.2 Å². The van der Waals surface area contributed by atoms with Crippen LogP contribution >= 0.6 is 0 Å². The molecule has 2 fully saturated rings. The van der Waals surface area contributed by atoms with Crippen LogP contribution in [0.25, 0.3) is 11.1 Å². The molecule has 1 aromatic carbocycles. The van der Waals surface area contributed by atoms with Crippen molar-refractivity contribution in [3.8, 4) is 0 Å². The first-order valence-electron chi connectivity index (χ1n) is 8.28. The van der Waals surface area contributed by atoms with Gasteiger partial charge in [0.15, 0.2) is 5.58 Å². The second-order valence-corrected chi connectivity index (χ2v) is 6.87. The molecule has 2 aromatic rings. The number of aliphatic hydroxyl groups is 2. The average molecular weight is 318 g/mol. The van der Waals surface area contributed by atoms with Gasteiger partial charge in [-0.05, 0) is 36.8 Å². The van der Waals surface area contributed by atoms with Gasteiger partial charge in [-0.2, -0.15) is 0 Å². The standard InChI is InChI=1S/C17H22N2O4/c20-14-7-11-9-18(10-12(11)8-15(14)21)5-6-19-13-3-1-2-4-16(13)23-17(19)22/h1-4,11-12,14-15,20-21H,5-10H2/t11-,12+,14+,15-. The Morgan fingerprint density at radius 2 is 1.70 bits per heavy atom. The Balaban J connectivity index is 1.44. The first kappa shape index (κ1) is 14.9. The molecule has 0 unspecified atom stereocenters. The molecule has 23 heavy (non-hydrogen) atoms. The summed E-state index contributed by atoms with van der Waals surface area (Å²) in [6.45, 7) is 3.24. The van der Waals surface area contributed by atoms with Crippen molar-refractivity contribution in [2.24, 2.45) is 11.8 Å². The van der Waals surface area contributed by atoms with Gasteiger partial charge in [-0.15, -0.1) is 0 Å². The Kier molecular flexibility index (Phi) is 3.75. The highest BCUT2D eigenvalue weighted by Crippen LogP contribution is 2.36. The van der Waals surface area contributed by atoms with Gasteiger partial charge in [0.25, 0.3) is 0 Å². The molecule has 4 rings (SSSR count). The fraction of sp³-hybridized carbons (Fsp3) is 0.588. The van der Waals surface area contributed by atoms with Crippen LogP contribution in [0.4, 0.5) is 0 Å². The zero-order valence-corrected chi connectivity index (χ0v) is 13.0. The number of aromatic nitrogens is 1. The molecule has 0 bridgehead atoms. The van der Waals surface area contributed by atoms with E-state index in [2.05, 4.69) is 4.90 Å². The molecule has 0 amide bonds. The van der Waals surface area contributed by atoms with E-state index in [0.29, 0.717) is 36.8 Å². The Hall–Kier alpha value is -1.63. The van der Waals surface area contributed by atoms with E-state index in [1.54, 1.807) is 10.6 Å². The van der Waals surface area contributed by atoms with Gasteiger partial charge < -0.3 is 19.5 Å². The van der Waals surface area contributed by atoms with Gasteiger partial charge in [0.2, 0.25) is 0 Å². The van der Waals surface area contributed by atoms with Crippen LogP contribution in [-0.4, -0.2) is 51.5 Å². The number of benzene rings is 1. The highest BCUT2D eigenvalue weighted by atomic mass is 16.4. The molecule has 0 radical (unpaired) electrons. The number of rotatable bonds is 3. The van der Waals surface area contributed by atoms with Crippen LogP contribution in [0.2, 0.25) is 0 Å². The Bertz CT molecular complexity index is 734. The van der Waals surface area contributed by atoms with Crippen LogP contribution in [0.3, 0.4) is 0 Å². The molecule has 6 nitrogen and oxygen atoms in total. The predicted molar refractivity (Wildman–Crippen MR) is 85.1 cm³/mol. The molecule has 2 aliphatic rings. The van der Waals surface area contributed by atoms with E-state index in [1.165, 1.54) is 0 Å². The van der Waals surface area contributed by atoms with Gasteiger partial charge in [-0.25, -0.2) is 4.79 Å². The topological polar surface area (TPSA) is 78.8 Å². The number of aliphatic hydroxyl groups excluding tert-OH is 2. The molecular formula is C17H22N2O4. The largest absolute Gasteiger partial charge is 0.419 e. The van der Waals surface area contributed by atoms with E-state index in [0.717, 1.165) is 25.2 Å². The van der Waals surface area contributed by atoms with E-state index < -0.39 is 12.2 Å². The fourth-order valence-corrected chi connectivity index (χ4v) is 4.15. The van der Waals surface area contributed by atoms with Crippen LogP contribution in [-0.2, 0) is 6.54 Å². The number of oxazole rings is 1. The summed E-state index contributed by atoms with van der Waals surface area (Å²) in [5.74, 6) is 0.589. The van der Waals surface area contributed by atoms with Gasteiger partial charge in [-0.3, -0.25) is 4.57 Å². The summed E-state index contributed by atoms with van der Waals surface area (Å²) in [6, 6.07) is 7.47. The highest BCUT2D eigenvalue weighted by Gasteiger charge is 2.40. The average Bonchev–Trinajstić information content (AvgIpc) is 3.05. The number of likely N-dealkylation sites (tertiary alicyclic amines) is 1. The van der Waals surface area contributed by atoms with Crippen molar-refractivity contribution in [1.29, 1.82) is 0 Å². The molecule has 1 aliphatic heterocycles. The first-order valence-corrected chi connectivity index (χ1v) is 8.28. The van der Waals surface area contributed by atoms with Crippen molar-refractivity contribution >= 4 is 11.1 Å². The Morgan fingerprint density at radius 1 is 1.04 bits per heavy atom. The number of nitrogens with zero attached hydrogens (tertiary/aromatic N) is 2. The van der Waals surface area contributed by atoms with Crippen LogP contribution in [0.1, 0.15) is 12.8 Å². The molecule has 6 heteroatoms. The van der Waals surface area contributed by atoms with Gasteiger partial charge in [0.1, 0.15) is 0 Å². The lowest BCUT2D eigenvalue weighted by atomic mass is 9.79. The maximum atomic E-state index is 12.0. The highest BCUT2D eigenvalue weighted by molar-refractivity contribution is 5.72. The summed E-state index contributed by atoms with van der Waals surface area (Å²) in [5, 5.41) is 19.6. The van der Waals surface area contributed by atoms with Gasteiger partial charge in [0.05, 0.1) is 17.7 Å². The zero-order valence-electron chi connectivity index (χ0n) is 13.0. The minimum Gasteiger partial charge on any atom is -0.408 e. The summed E-state index contributed by atoms with van der Waals surface area (Å²) in [7, 11) is 0. The van der Waals surface area contributed by atoms with Crippen LogP contribution in [0.5, 0.6) is 0 Å². The third-order valence-electron chi connectivity index (χ3n) is 5.40. The molecule has 1 saturated carbocycles. The third kappa shape index (κ3) is 2.71. The molecule has 0 spiro atoms. The monoisotopic (exact) mass is 318 g/mol. The normalized spacial score (nSPS) is 31.6. The van der Waals surface area contributed by atoms with E-state index >= 15 is 0 Å². The Labute approximate surface area is 133 Å². The lowest BCUT2D eigenvalue weighted by molar-refractivity contribution is -0.0372. The maximum absolute atomic E-state index is 12.0. The smallest absolute Gasteiger partial charge is 0.408 e. The minimum absolute atomic E-state index is 0.311. The van der Waals surface area contributed by atoms with Gasteiger partial charge >= 0.3 is 5.76 Å². The van der Waals surface area contributed by atoms with E-state index in [9.17, 15) is 15.0 Å². The number of fused-ring (bicyclic) bond motifs is 2. The second kappa shape index (κ2) is 5.78. The summed E-state index contributed by atoms with van der Waals surface area (Å²) in [5.41, 5.74) is 1.46. The third-order valence-corrected chi connectivity index (χ3v) is 5.40. The van der Waals surface area contributed by atoms with Gasteiger partial charge in [-0.1, -0.05) is 12.1 Å². The van der Waals surface area contributed by atoms with Crippen LogP contribution < -0.4 is 5.76 Å². The van der Waals surface area contributed by atoms with Crippen molar-refractivity contribution in [1.82, 2.24) is 9.47 Å². The van der Waals surface area contributed by atoms with Crippen molar-refractivity contribution in [3.63, 3.8) is 0 Å². The molecular weight excluding hydrogens is 296 g/mol. The molecule has 1 aliphatic carbocycles. The molecule has 124 valence electrons. The lowest BCUT2D eigenvalue weighted by Gasteiger charge is -2.32. The summed E-state index contributed by atoms with van der Waals surface area (Å²) < 4.78 is 6.94. The predicted octanol–water partition coefficient (Wildman–Crippen LogP) is 0.658.